The molecular formula is C22H28N6O4. The van der Waals surface area contributed by atoms with E-state index >= 15 is 0 Å². The van der Waals surface area contributed by atoms with Gasteiger partial charge in [0.05, 0.1) is 11.0 Å². The number of hydrogen-bond donors (Lipinski definition) is 4. The van der Waals surface area contributed by atoms with Crippen LogP contribution in [-0.2, 0) is 11.3 Å². The van der Waals surface area contributed by atoms with E-state index in [4.69, 9.17) is 5.11 Å². The van der Waals surface area contributed by atoms with Crippen LogP contribution in [0.25, 0.3) is 22.2 Å². The summed E-state index contributed by atoms with van der Waals surface area (Å²) in [5, 5.41) is 15.5. The molecule has 32 heavy (non-hydrogen) atoms. The van der Waals surface area contributed by atoms with E-state index in [9.17, 15) is 14.4 Å². The van der Waals surface area contributed by atoms with Gasteiger partial charge in [-0.05, 0) is 50.4 Å². The lowest BCUT2D eigenvalue weighted by Gasteiger charge is -2.16. The quantitative estimate of drug-likeness (QED) is 0.291. The number of aryl methyl sites for hydroxylation is 1. The molecule has 3 aromatic rings. The summed E-state index contributed by atoms with van der Waals surface area (Å²) in [5.41, 5.74) is 2.57. The molecule has 0 bridgehead atoms. The lowest BCUT2D eigenvalue weighted by atomic mass is 10.1. The lowest BCUT2D eigenvalue weighted by molar-refractivity contribution is -0.137. The molecule has 2 aromatic heterocycles. The molecule has 10 nitrogen and oxygen atoms in total. The maximum Gasteiger partial charge on any atom is 0.330 e. The molecule has 0 aliphatic carbocycles. The average Bonchev–Trinajstić information content (AvgIpc) is 3.25. The maximum absolute atomic E-state index is 12.9. The zero-order valence-corrected chi connectivity index (χ0v) is 18.1. The molecule has 1 aliphatic heterocycles. The van der Waals surface area contributed by atoms with E-state index in [1.165, 1.54) is 0 Å². The van der Waals surface area contributed by atoms with Crippen molar-refractivity contribution in [2.24, 2.45) is 0 Å². The summed E-state index contributed by atoms with van der Waals surface area (Å²) in [7, 11) is 0. The molecule has 1 fully saturated rings. The minimum atomic E-state index is -0.813. The van der Waals surface area contributed by atoms with E-state index in [0.29, 0.717) is 29.9 Å². The van der Waals surface area contributed by atoms with E-state index in [1.807, 2.05) is 19.1 Å². The lowest BCUT2D eigenvalue weighted by Crippen LogP contribution is -2.35. The van der Waals surface area contributed by atoms with E-state index < -0.39 is 17.2 Å². The predicted molar refractivity (Wildman–Crippen MR) is 122 cm³/mol. The third kappa shape index (κ3) is 4.80. The van der Waals surface area contributed by atoms with Crippen molar-refractivity contribution >= 4 is 33.9 Å². The number of rotatable bonds is 9. The van der Waals surface area contributed by atoms with Gasteiger partial charge in [0.15, 0.2) is 11.2 Å². The van der Waals surface area contributed by atoms with Crippen LogP contribution in [0.1, 0.15) is 44.1 Å². The largest absolute Gasteiger partial charge is 0.481 e. The Morgan fingerprint density at radius 3 is 2.72 bits per heavy atom. The molecular weight excluding hydrogens is 412 g/mol. The molecule has 0 saturated carbocycles. The number of carboxylic acids is 1. The van der Waals surface area contributed by atoms with Gasteiger partial charge in [0.1, 0.15) is 0 Å². The highest BCUT2D eigenvalue weighted by atomic mass is 16.4. The minimum Gasteiger partial charge on any atom is -0.481 e. The SMILES string of the molecule is Cc1cc2nc3c(=O)n(CCCCCCC(=O)O)c(=O)[nH]c3nc2cc1N[C@H]1CCNC1. The van der Waals surface area contributed by atoms with Crippen molar-refractivity contribution in [3.05, 3.63) is 38.5 Å². The number of fused-ring (bicyclic) bond motifs is 2. The van der Waals surface area contributed by atoms with Gasteiger partial charge in [0, 0.05) is 31.2 Å². The Bertz CT molecular complexity index is 1260. The van der Waals surface area contributed by atoms with E-state index in [0.717, 1.165) is 48.2 Å². The maximum atomic E-state index is 12.9. The van der Waals surface area contributed by atoms with Crippen molar-refractivity contribution in [2.75, 3.05) is 18.4 Å². The second-order valence-electron chi connectivity index (χ2n) is 8.36. The van der Waals surface area contributed by atoms with Gasteiger partial charge < -0.3 is 15.7 Å². The van der Waals surface area contributed by atoms with Crippen LogP contribution >= 0.6 is 0 Å². The summed E-state index contributed by atoms with van der Waals surface area (Å²) in [6.45, 7) is 4.15. The van der Waals surface area contributed by atoms with Gasteiger partial charge in [-0.2, -0.15) is 0 Å². The van der Waals surface area contributed by atoms with Crippen LogP contribution in [0.15, 0.2) is 21.7 Å². The monoisotopic (exact) mass is 440 g/mol. The number of hydrogen-bond acceptors (Lipinski definition) is 7. The first kappa shape index (κ1) is 21.9. The van der Waals surface area contributed by atoms with Crippen LogP contribution in [-0.4, -0.2) is 49.7 Å². The predicted octanol–water partition coefficient (Wildman–Crippen LogP) is 1.75. The molecule has 1 atom stereocenters. The number of aromatic nitrogens is 4. The Morgan fingerprint density at radius 1 is 1.19 bits per heavy atom. The molecule has 170 valence electrons. The molecule has 1 aromatic carbocycles. The fraction of sp³-hybridized carbons (Fsp3) is 0.500. The Hall–Kier alpha value is -3.27. The molecule has 4 N–H and O–H groups in total. The normalized spacial score (nSPS) is 16.1. The van der Waals surface area contributed by atoms with Crippen LogP contribution in [0.3, 0.4) is 0 Å². The number of anilines is 1. The average molecular weight is 441 g/mol. The van der Waals surface area contributed by atoms with Crippen molar-refractivity contribution in [3.8, 4) is 0 Å². The molecule has 0 spiro atoms. The number of carboxylic acid groups (broad SMARTS) is 1. The van der Waals surface area contributed by atoms with E-state index in [1.54, 1.807) is 0 Å². The highest BCUT2D eigenvalue weighted by Gasteiger charge is 2.17. The third-order valence-corrected chi connectivity index (χ3v) is 5.87. The standard InChI is InChI=1S/C22H28N6O4/c1-13-10-16-17(11-15(13)24-14-7-8-23-12-14)26-20-19(25-16)21(31)28(22(32)27-20)9-5-3-2-4-6-18(29)30/h10-11,14,23-24H,2-9,12H2,1H3,(H,29,30)(H,26,27,32)/t14-/m0/s1. The minimum absolute atomic E-state index is 0.132. The summed E-state index contributed by atoms with van der Waals surface area (Å²) in [6, 6.07) is 4.18. The Morgan fingerprint density at radius 2 is 1.97 bits per heavy atom. The summed E-state index contributed by atoms with van der Waals surface area (Å²) in [4.78, 5) is 47.7. The number of aliphatic carboxylic acids is 1. The first-order chi connectivity index (χ1) is 15.4. The first-order valence-corrected chi connectivity index (χ1v) is 11.1. The molecule has 10 heteroatoms. The molecule has 3 heterocycles. The number of unbranched alkanes of at least 4 members (excludes halogenated alkanes) is 3. The molecule has 0 radical (unpaired) electrons. The van der Waals surface area contributed by atoms with E-state index in [2.05, 4.69) is 25.6 Å². The Balaban J connectivity index is 1.58. The Kier molecular flexibility index (Phi) is 6.50. The summed E-state index contributed by atoms with van der Waals surface area (Å²) < 4.78 is 1.15. The van der Waals surface area contributed by atoms with Crippen molar-refractivity contribution in [2.45, 2.75) is 58.0 Å². The van der Waals surface area contributed by atoms with Crippen molar-refractivity contribution < 1.29 is 9.90 Å². The number of H-pyrrole nitrogens is 1. The fourth-order valence-corrected chi connectivity index (χ4v) is 4.09. The fourth-order valence-electron chi connectivity index (χ4n) is 4.09. The van der Waals surface area contributed by atoms with Crippen molar-refractivity contribution in [1.82, 2.24) is 24.8 Å². The smallest absolute Gasteiger partial charge is 0.330 e. The van der Waals surface area contributed by atoms with Crippen LogP contribution in [0.5, 0.6) is 0 Å². The number of aromatic amines is 1. The molecule has 1 saturated heterocycles. The van der Waals surface area contributed by atoms with Crippen molar-refractivity contribution in [3.63, 3.8) is 0 Å². The van der Waals surface area contributed by atoms with Gasteiger partial charge >= 0.3 is 11.7 Å². The summed E-state index contributed by atoms with van der Waals surface area (Å²) >= 11 is 0. The number of nitrogens with one attached hydrogen (secondary N) is 3. The van der Waals surface area contributed by atoms with Gasteiger partial charge in [-0.15, -0.1) is 0 Å². The van der Waals surface area contributed by atoms with Gasteiger partial charge in [0.2, 0.25) is 0 Å². The zero-order valence-electron chi connectivity index (χ0n) is 18.1. The van der Waals surface area contributed by atoms with Crippen LogP contribution in [0.2, 0.25) is 0 Å². The third-order valence-electron chi connectivity index (χ3n) is 5.87. The summed E-state index contributed by atoms with van der Waals surface area (Å²) in [5.74, 6) is -0.813. The second kappa shape index (κ2) is 9.47. The van der Waals surface area contributed by atoms with E-state index in [-0.39, 0.29) is 24.1 Å². The number of nitrogens with zero attached hydrogens (tertiary/aromatic N) is 3. The number of benzene rings is 1. The second-order valence-corrected chi connectivity index (χ2v) is 8.36. The van der Waals surface area contributed by atoms with Crippen LogP contribution < -0.4 is 21.9 Å². The van der Waals surface area contributed by atoms with Gasteiger partial charge in [-0.3, -0.25) is 19.1 Å². The molecule has 0 amide bonds. The number of carbonyl (C=O) groups is 1. The highest BCUT2D eigenvalue weighted by Crippen LogP contribution is 2.23. The molecule has 0 unspecified atom stereocenters. The van der Waals surface area contributed by atoms with Gasteiger partial charge in [0.25, 0.3) is 5.56 Å². The Labute approximate surface area is 184 Å². The van der Waals surface area contributed by atoms with Gasteiger partial charge in [-0.25, -0.2) is 14.8 Å². The highest BCUT2D eigenvalue weighted by molar-refractivity contribution is 5.87. The summed E-state index contributed by atoms with van der Waals surface area (Å²) in [6.07, 6.45) is 3.86. The van der Waals surface area contributed by atoms with Crippen molar-refractivity contribution in [1.29, 1.82) is 0 Å². The first-order valence-electron chi connectivity index (χ1n) is 11.1. The molecule has 1 aliphatic rings. The molecule has 4 rings (SSSR count). The van der Waals surface area contributed by atoms with Crippen LogP contribution in [0.4, 0.5) is 5.69 Å². The van der Waals surface area contributed by atoms with Crippen LogP contribution in [0, 0.1) is 6.92 Å². The topological polar surface area (TPSA) is 142 Å². The van der Waals surface area contributed by atoms with Gasteiger partial charge in [-0.1, -0.05) is 12.8 Å². The zero-order chi connectivity index (χ0) is 22.7.